The average Bonchev–Trinajstić information content (AvgIpc) is 3.83. The van der Waals surface area contributed by atoms with Gasteiger partial charge in [-0.15, -0.1) is 23.1 Å². The van der Waals surface area contributed by atoms with Crippen molar-refractivity contribution in [3.05, 3.63) is 213 Å². The predicted molar refractivity (Wildman–Crippen MR) is 280 cm³/mol. The third-order valence-electron chi connectivity index (χ3n) is 11.1. The number of carbonyl (C=O) groups excluding carboxylic acids is 4. The molecule has 0 spiro atoms. The summed E-state index contributed by atoms with van der Waals surface area (Å²) in [6.07, 6.45) is 0.0587. The molecule has 71 heavy (non-hydrogen) atoms. The summed E-state index contributed by atoms with van der Waals surface area (Å²) in [5.41, 5.74) is 1.23. The van der Waals surface area contributed by atoms with Crippen LogP contribution in [0.15, 0.2) is 184 Å². The number of hydrogen-bond acceptors (Lipinski definition) is 13. The zero-order valence-electron chi connectivity index (χ0n) is 39.5. The summed E-state index contributed by atoms with van der Waals surface area (Å²) in [6, 6.07) is 46.0. The van der Waals surface area contributed by atoms with Gasteiger partial charge in [-0.05, 0) is 43.4 Å². The third-order valence-corrected chi connectivity index (χ3v) is 14.3. The quantitative estimate of drug-likeness (QED) is 0.0210. The number of nitrogens with zero attached hydrogens (tertiary/aromatic N) is 4. The Balaban J connectivity index is 1.15. The smallest absolute Gasteiger partial charge is 0.413 e. The monoisotopic (exact) mass is 1010 g/mol. The van der Waals surface area contributed by atoms with Gasteiger partial charge in [-0.2, -0.15) is 0 Å². The van der Waals surface area contributed by atoms with Crippen LogP contribution < -0.4 is 10.6 Å². The van der Waals surface area contributed by atoms with Crippen molar-refractivity contribution < 1.29 is 33.5 Å². The fourth-order valence-corrected chi connectivity index (χ4v) is 10.8. The number of amides is 3. The summed E-state index contributed by atoms with van der Waals surface area (Å²) in [5.74, 6) is -1.57. The highest BCUT2D eigenvalue weighted by Gasteiger charge is 2.55. The predicted octanol–water partition coefficient (Wildman–Crippen LogP) is 9.93. The maximum absolute atomic E-state index is 14.9. The van der Waals surface area contributed by atoms with E-state index in [1.165, 1.54) is 28.4 Å². The molecule has 14 nitrogen and oxygen atoms in total. The van der Waals surface area contributed by atoms with Gasteiger partial charge in [0, 0.05) is 46.8 Å². The van der Waals surface area contributed by atoms with Crippen molar-refractivity contribution in [1.29, 1.82) is 5.41 Å². The van der Waals surface area contributed by atoms with Gasteiger partial charge in [-0.1, -0.05) is 169 Å². The van der Waals surface area contributed by atoms with Gasteiger partial charge in [0.15, 0.2) is 16.9 Å². The van der Waals surface area contributed by atoms with E-state index in [2.05, 4.69) is 20.8 Å². The number of likely N-dealkylation sites (N-methyl/N-ethyl adjacent to an activating group) is 1. The lowest BCUT2D eigenvalue weighted by atomic mass is 9.80. The SMILES string of the molecule is CN(C)C(=N)/C=C/SC1=C(C(=O)OC(c2ccccc2)c2ccccc2)N2C(=O)C(NC(=O)/C(=N\OC(c3ccccc3)(c3ccccc3)c3ccccc3)c3csc(NC(=O)OC(C)(C)C)n3)[C@H]2SC1. The molecule has 0 radical (unpaired) electrons. The second kappa shape index (κ2) is 22.1. The van der Waals surface area contributed by atoms with Gasteiger partial charge >= 0.3 is 12.1 Å². The average molecular weight is 1010 g/mol. The molecule has 8 rings (SSSR count). The van der Waals surface area contributed by atoms with E-state index < -0.39 is 52.6 Å². The Kier molecular flexibility index (Phi) is 15.5. The number of β-lactam (4-membered cyclic amide) rings is 1. The molecule has 3 heterocycles. The van der Waals surface area contributed by atoms with Crippen LogP contribution in [-0.4, -0.2) is 87.1 Å². The van der Waals surface area contributed by atoms with Crippen molar-refractivity contribution in [2.24, 2.45) is 5.16 Å². The van der Waals surface area contributed by atoms with Crippen LogP contribution >= 0.6 is 34.9 Å². The molecule has 0 aliphatic carbocycles. The van der Waals surface area contributed by atoms with Gasteiger partial charge in [0.25, 0.3) is 11.8 Å². The number of ether oxygens (including phenoxy) is 2. The number of aromatic nitrogens is 1. The number of carbonyl (C=O) groups is 4. The molecule has 1 saturated heterocycles. The highest BCUT2D eigenvalue weighted by molar-refractivity contribution is 8.08. The van der Waals surface area contributed by atoms with Crippen molar-refractivity contribution in [2.75, 3.05) is 25.2 Å². The highest BCUT2D eigenvalue weighted by Crippen LogP contribution is 2.45. The number of rotatable bonds is 16. The maximum Gasteiger partial charge on any atom is 0.413 e. The Bertz CT molecular complexity index is 2830. The van der Waals surface area contributed by atoms with E-state index in [-0.39, 0.29) is 33.8 Å². The number of esters is 1. The van der Waals surface area contributed by atoms with Gasteiger partial charge in [0.1, 0.15) is 34.2 Å². The summed E-state index contributed by atoms with van der Waals surface area (Å²) in [7, 11) is 3.51. The molecular weight excluding hydrogens is 955 g/mol. The molecule has 1 fully saturated rings. The van der Waals surface area contributed by atoms with Gasteiger partial charge < -0.3 is 24.5 Å². The van der Waals surface area contributed by atoms with Crippen molar-refractivity contribution in [3.8, 4) is 0 Å². The first-order valence-corrected chi connectivity index (χ1v) is 25.3. The Morgan fingerprint density at radius 2 is 1.35 bits per heavy atom. The lowest BCUT2D eigenvalue weighted by Crippen LogP contribution is -2.71. The number of anilines is 1. The molecule has 3 amide bonds. The number of benzene rings is 5. The van der Waals surface area contributed by atoms with E-state index in [0.29, 0.717) is 21.6 Å². The number of hydrogen-bond donors (Lipinski definition) is 3. The molecule has 1 unspecified atom stereocenters. The zero-order chi connectivity index (χ0) is 50.1. The number of fused-ring (bicyclic) bond motifs is 1. The second-order valence-corrected chi connectivity index (χ2v) is 20.4. The molecule has 362 valence electrons. The van der Waals surface area contributed by atoms with Gasteiger partial charge in [0.05, 0.1) is 0 Å². The number of thiazole rings is 1. The molecular formula is C54H51N7O7S3. The summed E-state index contributed by atoms with van der Waals surface area (Å²) in [6.45, 7) is 5.21. The molecule has 3 N–H and O–H groups in total. The lowest BCUT2D eigenvalue weighted by Gasteiger charge is -2.49. The maximum atomic E-state index is 14.9. The van der Waals surface area contributed by atoms with E-state index in [0.717, 1.165) is 22.5 Å². The second-order valence-electron chi connectivity index (χ2n) is 17.4. The van der Waals surface area contributed by atoms with Crippen LogP contribution in [0.1, 0.15) is 60.4 Å². The molecule has 6 aromatic rings. The van der Waals surface area contributed by atoms with E-state index in [4.69, 9.17) is 19.7 Å². The first kappa shape index (κ1) is 49.9. The molecule has 0 bridgehead atoms. The lowest BCUT2D eigenvalue weighted by molar-refractivity contribution is -0.154. The molecule has 2 aliphatic rings. The molecule has 2 aliphatic heterocycles. The van der Waals surface area contributed by atoms with Gasteiger partial charge in [-0.3, -0.25) is 25.2 Å². The summed E-state index contributed by atoms with van der Waals surface area (Å²) in [4.78, 5) is 72.0. The van der Waals surface area contributed by atoms with E-state index >= 15 is 0 Å². The van der Waals surface area contributed by atoms with Crippen LogP contribution in [0.2, 0.25) is 0 Å². The normalized spacial score (nSPS) is 15.9. The first-order valence-electron chi connectivity index (χ1n) is 22.5. The summed E-state index contributed by atoms with van der Waals surface area (Å²) in [5, 5.41) is 21.1. The van der Waals surface area contributed by atoms with Crippen LogP contribution in [0.4, 0.5) is 9.93 Å². The van der Waals surface area contributed by atoms with Crippen molar-refractivity contribution in [3.63, 3.8) is 0 Å². The number of thioether (sulfide) groups is 2. The standard InChI is InChI=1S/C54H51N7O7S3/c1-53(2,3)67-52(65)58-51-56-40(33-71-51)43(59-68-54(37-25-15-8-16-26-37,38-27-17-9-18-28-38)39-29-19-10-20-30-39)47(62)57-44-48(63)61-45(41(34-70-49(44)61)69-32-31-42(55)60(4)5)50(64)66-46(35-21-11-6-12-22-35)36-23-13-7-14-24-36/h6-33,44,46,49,55H,34H2,1-5H3,(H,57,62)(H,56,58,65)/b32-31+,55-42?,59-43-/t44?,49-/m1/s1. The number of nitrogens with one attached hydrogen (secondary N) is 3. The molecule has 17 heteroatoms. The highest BCUT2D eigenvalue weighted by atomic mass is 32.2. The van der Waals surface area contributed by atoms with Crippen LogP contribution in [0.3, 0.4) is 0 Å². The van der Waals surface area contributed by atoms with Crippen LogP contribution in [-0.2, 0) is 34.3 Å². The zero-order valence-corrected chi connectivity index (χ0v) is 41.9. The molecule has 5 aromatic carbocycles. The van der Waals surface area contributed by atoms with E-state index in [1.807, 2.05) is 152 Å². The Morgan fingerprint density at radius 3 is 1.86 bits per heavy atom. The largest absolute Gasteiger partial charge is 0.448 e. The summed E-state index contributed by atoms with van der Waals surface area (Å²) < 4.78 is 11.8. The van der Waals surface area contributed by atoms with Gasteiger partial charge in [-0.25, -0.2) is 14.6 Å². The van der Waals surface area contributed by atoms with Crippen molar-refractivity contribution >= 4 is 75.4 Å². The Hall–Kier alpha value is -7.47. The fourth-order valence-electron chi connectivity index (χ4n) is 7.78. The van der Waals surface area contributed by atoms with Gasteiger partial charge in [0.2, 0.25) is 5.60 Å². The molecule has 2 atom stereocenters. The fraction of sp³-hybridized carbons (Fsp3) is 0.204. The minimum atomic E-state index is -1.39. The first-order chi connectivity index (χ1) is 34.2. The van der Waals surface area contributed by atoms with E-state index in [1.54, 1.807) is 56.6 Å². The summed E-state index contributed by atoms with van der Waals surface area (Å²) >= 11 is 3.63. The number of amidine groups is 1. The Morgan fingerprint density at radius 1 is 0.831 bits per heavy atom. The molecule has 1 aromatic heterocycles. The Labute approximate surface area is 424 Å². The minimum absolute atomic E-state index is 0.0418. The third kappa shape index (κ3) is 11.4. The van der Waals surface area contributed by atoms with E-state index in [9.17, 15) is 19.2 Å². The van der Waals surface area contributed by atoms with Crippen LogP contribution in [0, 0.1) is 5.41 Å². The van der Waals surface area contributed by atoms with Crippen LogP contribution in [0.25, 0.3) is 0 Å². The molecule has 0 saturated carbocycles. The van der Waals surface area contributed by atoms with Crippen molar-refractivity contribution in [1.82, 2.24) is 20.1 Å². The number of oxime groups is 1. The van der Waals surface area contributed by atoms with Crippen LogP contribution in [0.5, 0.6) is 0 Å². The van der Waals surface area contributed by atoms with Crippen molar-refractivity contribution in [2.45, 2.75) is 49.5 Å². The topological polar surface area (TPSA) is 176 Å². The minimum Gasteiger partial charge on any atom is -0.448 e.